The van der Waals surface area contributed by atoms with Crippen molar-refractivity contribution in [3.05, 3.63) is 11.3 Å². The van der Waals surface area contributed by atoms with E-state index in [1.54, 1.807) is 7.11 Å². The number of ether oxygens (including phenoxy) is 1. The van der Waals surface area contributed by atoms with Crippen molar-refractivity contribution in [1.29, 1.82) is 5.26 Å². The van der Waals surface area contributed by atoms with Crippen molar-refractivity contribution in [1.82, 2.24) is 4.37 Å². The second-order valence-electron chi connectivity index (χ2n) is 3.75. The molecular weight excluding hydrogens is 210 g/mol. The van der Waals surface area contributed by atoms with Gasteiger partial charge in [-0.15, -0.1) is 0 Å². The molecule has 0 aromatic carbocycles. The van der Waals surface area contributed by atoms with Crippen LogP contribution in [0.5, 0.6) is 0 Å². The van der Waals surface area contributed by atoms with E-state index in [1.165, 1.54) is 11.5 Å². The van der Waals surface area contributed by atoms with Crippen LogP contribution in [0.3, 0.4) is 0 Å². The second kappa shape index (κ2) is 4.17. The van der Waals surface area contributed by atoms with Crippen molar-refractivity contribution in [3.63, 3.8) is 0 Å². The first kappa shape index (κ1) is 10.4. The number of aromatic nitrogens is 1. The standard InChI is InChI=1S/C10H13N3OS/c1-6-9(5-11)10(15-13-6)12-7-3-8(4-7)14-2/h7-8,12H,3-4H2,1-2H3. The van der Waals surface area contributed by atoms with Gasteiger partial charge in [-0.2, -0.15) is 9.64 Å². The van der Waals surface area contributed by atoms with Gasteiger partial charge in [0.2, 0.25) is 0 Å². The molecule has 2 rings (SSSR count). The molecule has 1 heterocycles. The summed E-state index contributed by atoms with van der Waals surface area (Å²) in [6.07, 6.45) is 2.40. The molecule has 1 aromatic rings. The number of nitriles is 1. The van der Waals surface area contributed by atoms with Crippen molar-refractivity contribution < 1.29 is 4.74 Å². The lowest BCUT2D eigenvalue weighted by molar-refractivity contribution is 0.0329. The summed E-state index contributed by atoms with van der Waals surface area (Å²) < 4.78 is 9.36. The third-order valence-corrected chi connectivity index (χ3v) is 3.61. The zero-order valence-corrected chi connectivity index (χ0v) is 9.60. The molecule has 1 aliphatic carbocycles. The molecular formula is C10H13N3OS. The molecule has 0 unspecified atom stereocenters. The van der Waals surface area contributed by atoms with Gasteiger partial charge in [-0.25, -0.2) is 0 Å². The van der Waals surface area contributed by atoms with Crippen LogP contribution in [0.1, 0.15) is 24.1 Å². The number of hydrogen-bond acceptors (Lipinski definition) is 5. The van der Waals surface area contributed by atoms with Gasteiger partial charge in [-0.1, -0.05) is 0 Å². The van der Waals surface area contributed by atoms with Gasteiger partial charge in [0.25, 0.3) is 0 Å². The topological polar surface area (TPSA) is 57.9 Å². The van der Waals surface area contributed by atoms with Crippen LogP contribution >= 0.6 is 11.5 Å². The molecule has 15 heavy (non-hydrogen) atoms. The SMILES string of the molecule is COC1CC(Nc2snc(C)c2C#N)C1. The van der Waals surface area contributed by atoms with Crippen LogP contribution in [0.15, 0.2) is 0 Å². The van der Waals surface area contributed by atoms with E-state index in [-0.39, 0.29) is 0 Å². The Morgan fingerprint density at radius 1 is 1.60 bits per heavy atom. The third-order valence-electron chi connectivity index (χ3n) is 2.74. The molecule has 0 amide bonds. The lowest BCUT2D eigenvalue weighted by Gasteiger charge is -2.34. The Kier molecular flexibility index (Phi) is 2.89. The Hall–Kier alpha value is -1.12. The first-order valence-corrected chi connectivity index (χ1v) is 5.67. The maximum absolute atomic E-state index is 8.94. The molecule has 5 heteroatoms. The summed E-state index contributed by atoms with van der Waals surface area (Å²) in [6, 6.07) is 2.61. The van der Waals surface area contributed by atoms with Crippen molar-refractivity contribution in [2.75, 3.05) is 12.4 Å². The number of nitrogens with zero attached hydrogens (tertiary/aromatic N) is 2. The average Bonchev–Trinajstić information content (AvgIpc) is 2.52. The van der Waals surface area contributed by atoms with Crippen LogP contribution in [0.25, 0.3) is 0 Å². The Morgan fingerprint density at radius 3 is 2.93 bits per heavy atom. The highest BCUT2D eigenvalue weighted by molar-refractivity contribution is 7.10. The highest BCUT2D eigenvalue weighted by atomic mass is 32.1. The monoisotopic (exact) mass is 223 g/mol. The summed E-state index contributed by atoms with van der Waals surface area (Å²) in [6.45, 7) is 1.86. The zero-order valence-electron chi connectivity index (χ0n) is 8.78. The molecule has 0 atom stereocenters. The summed E-state index contributed by atoms with van der Waals surface area (Å²) in [5.41, 5.74) is 1.49. The number of anilines is 1. The molecule has 0 spiro atoms. The fourth-order valence-corrected chi connectivity index (χ4v) is 2.48. The predicted molar refractivity (Wildman–Crippen MR) is 59.0 cm³/mol. The van der Waals surface area contributed by atoms with Crippen LogP contribution in [0, 0.1) is 18.3 Å². The fraction of sp³-hybridized carbons (Fsp3) is 0.600. The minimum Gasteiger partial charge on any atom is -0.381 e. The quantitative estimate of drug-likeness (QED) is 0.850. The van der Waals surface area contributed by atoms with E-state index in [4.69, 9.17) is 10.00 Å². The summed E-state index contributed by atoms with van der Waals surface area (Å²) in [7, 11) is 1.73. The van der Waals surface area contributed by atoms with E-state index < -0.39 is 0 Å². The lowest BCUT2D eigenvalue weighted by atomic mass is 9.89. The van der Waals surface area contributed by atoms with E-state index >= 15 is 0 Å². The van der Waals surface area contributed by atoms with Crippen LogP contribution in [0.2, 0.25) is 0 Å². The van der Waals surface area contributed by atoms with Crippen LogP contribution in [0.4, 0.5) is 5.00 Å². The predicted octanol–water partition coefficient (Wildman–Crippen LogP) is 1.91. The Labute approximate surface area is 93.0 Å². The molecule has 0 aliphatic heterocycles. The molecule has 1 saturated carbocycles. The average molecular weight is 223 g/mol. The van der Waals surface area contributed by atoms with E-state index in [0.717, 1.165) is 23.5 Å². The van der Waals surface area contributed by atoms with Gasteiger partial charge in [0, 0.05) is 13.2 Å². The van der Waals surface area contributed by atoms with E-state index in [1.807, 2.05) is 6.92 Å². The van der Waals surface area contributed by atoms with Crippen LogP contribution in [-0.4, -0.2) is 23.6 Å². The minimum absolute atomic E-state index is 0.377. The second-order valence-corrected chi connectivity index (χ2v) is 4.53. The van der Waals surface area contributed by atoms with Crippen LogP contribution < -0.4 is 5.32 Å². The molecule has 0 saturated heterocycles. The maximum atomic E-state index is 8.94. The summed E-state index contributed by atoms with van der Waals surface area (Å²) in [5, 5.41) is 13.2. The van der Waals surface area contributed by atoms with Gasteiger partial charge in [0.05, 0.1) is 11.8 Å². The summed E-state index contributed by atoms with van der Waals surface area (Å²) in [4.78, 5) is 0. The number of nitrogens with one attached hydrogen (secondary N) is 1. The van der Waals surface area contributed by atoms with Gasteiger partial charge < -0.3 is 10.1 Å². The summed E-state index contributed by atoms with van der Waals surface area (Å²) >= 11 is 1.36. The normalized spacial score (nSPS) is 24.3. The van der Waals surface area contributed by atoms with Crippen molar-refractivity contribution >= 4 is 16.5 Å². The van der Waals surface area contributed by atoms with Gasteiger partial charge in [0.1, 0.15) is 16.6 Å². The van der Waals surface area contributed by atoms with E-state index in [2.05, 4.69) is 15.8 Å². The smallest absolute Gasteiger partial charge is 0.127 e. The first-order valence-electron chi connectivity index (χ1n) is 4.90. The Morgan fingerprint density at radius 2 is 2.33 bits per heavy atom. The molecule has 80 valence electrons. The number of rotatable bonds is 3. The number of methoxy groups -OCH3 is 1. The van der Waals surface area contributed by atoms with Gasteiger partial charge in [-0.05, 0) is 31.3 Å². The Bertz CT molecular complexity index is 390. The number of aryl methyl sites for hydroxylation is 1. The highest BCUT2D eigenvalue weighted by Gasteiger charge is 2.29. The van der Waals surface area contributed by atoms with E-state index in [0.29, 0.717) is 17.7 Å². The molecule has 1 fully saturated rings. The minimum atomic E-state index is 0.377. The third kappa shape index (κ3) is 1.96. The van der Waals surface area contributed by atoms with E-state index in [9.17, 15) is 0 Å². The van der Waals surface area contributed by atoms with Gasteiger partial charge in [0.15, 0.2) is 0 Å². The largest absolute Gasteiger partial charge is 0.381 e. The summed E-state index contributed by atoms with van der Waals surface area (Å²) in [5.74, 6) is 0. The lowest BCUT2D eigenvalue weighted by Crippen LogP contribution is -2.40. The number of hydrogen-bond donors (Lipinski definition) is 1. The van der Waals surface area contributed by atoms with Crippen molar-refractivity contribution in [3.8, 4) is 6.07 Å². The molecule has 0 radical (unpaired) electrons. The maximum Gasteiger partial charge on any atom is 0.127 e. The molecule has 1 N–H and O–H groups in total. The fourth-order valence-electron chi connectivity index (χ4n) is 1.66. The molecule has 1 aromatic heterocycles. The Balaban J connectivity index is 1.98. The first-order chi connectivity index (χ1) is 7.24. The van der Waals surface area contributed by atoms with Crippen molar-refractivity contribution in [2.45, 2.75) is 31.9 Å². The van der Waals surface area contributed by atoms with Gasteiger partial charge >= 0.3 is 0 Å². The molecule has 4 nitrogen and oxygen atoms in total. The molecule has 1 aliphatic rings. The van der Waals surface area contributed by atoms with Crippen LogP contribution in [-0.2, 0) is 4.74 Å². The zero-order chi connectivity index (χ0) is 10.8. The van der Waals surface area contributed by atoms with Gasteiger partial charge in [-0.3, -0.25) is 0 Å². The molecule has 0 bridgehead atoms. The van der Waals surface area contributed by atoms with Crippen molar-refractivity contribution in [2.24, 2.45) is 0 Å². The highest BCUT2D eigenvalue weighted by Crippen LogP contribution is 2.30.